The van der Waals surface area contributed by atoms with E-state index in [0.717, 1.165) is 13.2 Å². The molecule has 2 rings (SSSR count). The Balaban J connectivity index is 2.07. The molecule has 0 N–H and O–H groups in total. The lowest BCUT2D eigenvalue weighted by Crippen LogP contribution is -2.35. The first kappa shape index (κ1) is 13.4. The maximum Gasteiger partial charge on any atom is 0.0895 e. The van der Waals surface area contributed by atoms with Crippen LogP contribution in [-0.4, -0.2) is 25.4 Å². The van der Waals surface area contributed by atoms with Gasteiger partial charge in [-0.05, 0) is 17.3 Å². The Hall–Kier alpha value is -0.0800. The van der Waals surface area contributed by atoms with Gasteiger partial charge in [-0.3, -0.25) is 0 Å². The first-order valence-corrected chi connectivity index (χ1v) is 7.05. The Morgan fingerprint density at radius 1 is 0.941 bits per heavy atom. The Kier molecular flexibility index (Phi) is 3.57. The maximum absolute atomic E-state index is 6.07. The first-order valence-electron chi connectivity index (χ1n) is 7.05. The van der Waals surface area contributed by atoms with Gasteiger partial charge in [0.05, 0.1) is 25.4 Å². The average molecular weight is 240 g/mol. The van der Waals surface area contributed by atoms with E-state index in [4.69, 9.17) is 9.47 Å². The minimum atomic E-state index is 0.287. The summed E-state index contributed by atoms with van der Waals surface area (Å²) in [6.45, 7) is 15.6. The van der Waals surface area contributed by atoms with Gasteiger partial charge in [0.1, 0.15) is 0 Å². The summed E-state index contributed by atoms with van der Waals surface area (Å²) in [6.07, 6.45) is 0.679. The van der Waals surface area contributed by atoms with E-state index in [-0.39, 0.29) is 5.41 Å². The van der Waals surface area contributed by atoms with Gasteiger partial charge in [0.15, 0.2) is 0 Å². The first-order chi connectivity index (χ1) is 7.82. The van der Waals surface area contributed by atoms with Gasteiger partial charge in [0.25, 0.3) is 0 Å². The minimum absolute atomic E-state index is 0.287. The molecule has 0 aliphatic carbocycles. The predicted molar refractivity (Wildman–Crippen MR) is 69.9 cm³/mol. The zero-order valence-corrected chi connectivity index (χ0v) is 12.2. The molecule has 2 saturated heterocycles. The van der Waals surface area contributed by atoms with Gasteiger partial charge in [-0.25, -0.2) is 0 Å². The number of hydrogen-bond donors (Lipinski definition) is 0. The van der Waals surface area contributed by atoms with Crippen LogP contribution in [0.4, 0.5) is 0 Å². The van der Waals surface area contributed by atoms with Crippen LogP contribution in [0.25, 0.3) is 0 Å². The average Bonchev–Trinajstić information content (AvgIpc) is 2.73. The van der Waals surface area contributed by atoms with E-state index >= 15 is 0 Å². The molecular formula is C15H28O2. The van der Waals surface area contributed by atoms with E-state index in [1.807, 2.05) is 0 Å². The fourth-order valence-corrected chi connectivity index (χ4v) is 3.22. The van der Waals surface area contributed by atoms with Gasteiger partial charge in [0, 0.05) is 11.8 Å². The van der Waals surface area contributed by atoms with Crippen LogP contribution in [0.3, 0.4) is 0 Å². The molecule has 2 fully saturated rings. The highest BCUT2D eigenvalue weighted by atomic mass is 16.6. The van der Waals surface area contributed by atoms with Crippen LogP contribution in [0.5, 0.6) is 0 Å². The minimum Gasteiger partial charge on any atom is -0.375 e. The lowest BCUT2D eigenvalue weighted by Gasteiger charge is -2.29. The molecule has 0 bridgehead atoms. The molecule has 17 heavy (non-hydrogen) atoms. The third-order valence-electron chi connectivity index (χ3n) is 4.93. The molecule has 2 heteroatoms. The van der Waals surface area contributed by atoms with Crippen LogP contribution in [0.2, 0.25) is 0 Å². The summed E-state index contributed by atoms with van der Waals surface area (Å²) in [6, 6.07) is 0. The molecule has 2 aliphatic heterocycles. The van der Waals surface area contributed by atoms with Crippen molar-refractivity contribution in [3.63, 3.8) is 0 Å². The van der Waals surface area contributed by atoms with Gasteiger partial charge in [-0.2, -0.15) is 0 Å². The van der Waals surface area contributed by atoms with Crippen LogP contribution in [0, 0.1) is 29.1 Å². The summed E-state index contributed by atoms with van der Waals surface area (Å²) >= 11 is 0. The largest absolute Gasteiger partial charge is 0.375 e. The molecule has 0 aromatic heterocycles. The molecule has 2 nitrogen and oxygen atoms in total. The summed E-state index contributed by atoms with van der Waals surface area (Å²) in [7, 11) is 0. The fourth-order valence-electron chi connectivity index (χ4n) is 3.22. The lowest BCUT2D eigenvalue weighted by atomic mass is 9.75. The molecule has 2 heterocycles. The van der Waals surface area contributed by atoms with Crippen LogP contribution in [0.15, 0.2) is 0 Å². The normalized spacial score (nSPS) is 39.7. The van der Waals surface area contributed by atoms with Crippen molar-refractivity contribution in [2.24, 2.45) is 29.1 Å². The van der Waals surface area contributed by atoms with Gasteiger partial charge in [-0.1, -0.05) is 41.5 Å². The van der Waals surface area contributed by atoms with E-state index in [0.29, 0.717) is 35.9 Å². The smallest absolute Gasteiger partial charge is 0.0895 e. The number of rotatable bonds is 2. The van der Waals surface area contributed by atoms with Crippen molar-refractivity contribution in [3.8, 4) is 0 Å². The maximum atomic E-state index is 6.07. The molecule has 0 saturated carbocycles. The topological polar surface area (TPSA) is 18.5 Å². The fraction of sp³-hybridized carbons (Fsp3) is 1.00. The van der Waals surface area contributed by atoms with Gasteiger partial charge < -0.3 is 9.47 Å². The molecule has 0 amide bonds. The summed E-state index contributed by atoms with van der Waals surface area (Å²) in [4.78, 5) is 0. The second-order valence-electron chi connectivity index (χ2n) is 7.34. The SMILES string of the molecule is CC(C)C(C)[C@@H]1COC2C1OC[C@H]2C(C)(C)C. The van der Waals surface area contributed by atoms with Gasteiger partial charge in [0.2, 0.25) is 0 Å². The molecule has 2 aliphatic rings. The van der Waals surface area contributed by atoms with E-state index in [2.05, 4.69) is 41.5 Å². The molecule has 0 spiro atoms. The molecule has 100 valence electrons. The highest BCUT2D eigenvalue weighted by molar-refractivity contribution is 4.99. The third kappa shape index (κ3) is 2.39. The van der Waals surface area contributed by atoms with Gasteiger partial charge in [-0.15, -0.1) is 0 Å². The number of hydrogen-bond acceptors (Lipinski definition) is 2. The van der Waals surface area contributed by atoms with Crippen molar-refractivity contribution < 1.29 is 9.47 Å². The summed E-state index contributed by atoms with van der Waals surface area (Å²) in [5.74, 6) is 2.53. The van der Waals surface area contributed by atoms with Crippen LogP contribution in [0.1, 0.15) is 41.5 Å². The second kappa shape index (κ2) is 4.55. The summed E-state index contributed by atoms with van der Waals surface area (Å²) < 4.78 is 12.1. The second-order valence-corrected chi connectivity index (χ2v) is 7.34. The highest BCUT2D eigenvalue weighted by Gasteiger charge is 2.52. The Bertz CT molecular complexity index is 267. The Morgan fingerprint density at radius 2 is 1.53 bits per heavy atom. The molecule has 3 unspecified atom stereocenters. The van der Waals surface area contributed by atoms with Crippen molar-refractivity contribution >= 4 is 0 Å². The van der Waals surface area contributed by atoms with Crippen molar-refractivity contribution in [3.05, 3.63) is 0 Å². The van der Waals surface area contributed by atoms with Gasteiger partial charge >= 0.3 is 0 Å². The van der Waals surface area contributed by atoms with E-state index in [1.54, 1.807) is 0 Å². The molecule has 0 radical (unpaired) electrons. The number of ether oxygens (including phenoxy) is 2. The Labute approximate surface area is 106 Å². The third-order valence-corrected chi connectivity index (χ3v) is 4.93. The van der Waals surface area contributed by atoms with E-state index in [9.17, 15) is 0 Å². The molecule has 5 atom stereocenters. The molecular weight excluding hydrogens is 212 g/mol. The zero-order chi connectivity index (χ0) is 12.8. The lowest BCUT2D eigenvalue weighted by molar-refractivity contribution is 0.0297. The zero-order valence-electron chi connectivity index (χ0n) is 12.2. The summed E-state index contributed by atoms with van der Waals surface area (Å²) in [5, 5.41) is 0. The van der Waals surface area contributed by atoms with Crippen molar-refractivity contribution in [2.45, 2.75) is 53.8 Å². The van der Waals surface area contributed by atoms with Crippen LogP contribution < -0.4 is 0 Å². The molecule has 0 aromatic rings. The predicted octanol–water partition coefficient (Wildman–Crippen LogP) is 3.35. The monoisotopic (exact) mass is 240 g/mol. The van der Waals surface area contributed by atoms with Crippen LogP contribution >= 0.6 is 0 Å². The molecule has 0 aromatic carbocycles. The Morgan fingerprint density at radius 3 is 2.06 bits per heavy atom. The summed E-state index contributed by atoms with van der Waals surface area (Å²) in [5.41, 5.74) is 0.287. The number of fused-ring (bicyclic) bond motifs is 1. The van der Waals surface area contributed by atoms with E-state index in [1.165, 1.54) is 0 Å². The quantitative estimate of drug-likeness (QED) is 0.737. The van der Waals surface area contributed by atoms with Crippen molar-refractivity contribution in [2.75, 3.05) is 13.2 Å². The van der Waals surface area contributed by atoms with Crippen molar-refractivity contribution in [1.82, 2.24) is 0 Å². The van der Waals surface area contributed by atoms with Crippen LogP contribution in [-0.2, 0) is 9.47 Å². The van der Waals surface area contributed by atoms with Crippen molar-refractivity contribution in [1.29, 1.82) is 0 Å². The van der Waals surface area contributed by atoms with E-state index < -0.39 is 0 Å². The highest BCUT2D eigenvalue weighted by Crippen LogP contribution is 2.45. The standard InChI is InChI=1S/C15H28O2/c1-9(2)10(3)11-7-16-14-12(15(4,5)6)8-17-13(11)14/h9-14H,7-8H2,1-6H3/t10?,11-,12+,13?,14?/m0/s1.